The molecule has 42 heavy (non-hydrogen) atoms. The third-order valence-corrected chi connectivity index (χ3v) is 5.93. The molecule has 234 valence electrons. The number of nitrogens with two attached hydrogens (primary N) is 4. The van der Waals surface area contributed by atoms with Crippen molar-refractivity contribution in [2.45, 2.75) is 63.7 Å². The molecule has 0 heterocycles. The predicted octanol–water partition coefficient (Wildman–Crippen LogP) is -3.59. The lowest BCUT2D eigenvalue weighted by molar-refractivity contribution is -0.133. The van der Waals surface area contributed by atoms with Gasteiger partial charge in [-0.1, -0.05) is 26.0 Å². The molecule has 0 aliphatic heterocycles. The normalized spacial score (nSPS) is 13.6. The molecule has 16 nitrogen and oxygen atoms in total. The lowest BCUT2D eigenvalue weighted by Crippen LogP contribution is -2.56. The third kappa shape index (κ3) is 13.8. The molecule has 1 rings (SSSR count). The van der Waals surface area contributed by atoms with Gasteiger partial charge in [0.1, 0.15) is 23.9 Å². The number of rotatable bonds is 18. The van der Waals surface area contributed by atoms with Crippen LogP contribution in [0.25, 0.3) is 0 Å². The van der Waals surface area contributed by atoms with E-state index in [4.69, 9.17) is 22.9 Å². The number of carbonyl (C=O) groups excluding carboxylic acids is 5. The number of nitrogens with one attached hydrogen (secondary N) is 4. The summed E-state index contributed by atoms with van der Waals surface area (Å²) in [5, 5.41) is 28.7. The van der Waals surface area contributed by atoms with E-state index in [1.165, 1.54) is 12.1 Å². The fraction of sp³-hybridized carbons (Fsp3) is 0.538. The Morgan fingerprint density at radius 2 is 1.50 bits per heavy atom. The van der Waals surface area contributed by atoms with Crippen molar-refractivity contribution >= 4 is 35.5 Å². The molecule has 0 radical (unpaired) electrons. The van der Waals surface area contributed by atoms with Crippen LogP contribution in [0.3, 0.4) is 0 Å². The minimum absolute atomic E-state index is 0.00309. The summed E-state index contributed by atoms with van der Waals surface area (Å²) in [7, 11) is 0. The molecule has 1 aromatic carbocycles. The summed E-state index contributed by atoms with van der Waals surface area (Å²) in [6.45, 7) is 2.53. The maximum atomic E-state index is 12.8. The number of aliphatic hydroxyl groups is 1. The highest BCUT2D eigenvalue weighted by Gasteiger charge is 2.27. The predicted molar refractivity (Wildman–Crippen MR) is 154 cm³/mol. The zero-order valence-corrected chi connectivity index (χ0v) is 23.8. The van der Waals surface area contributed by atoms with Crippen LogP contribution in [0.1, 0.15) is 38.7 Å². The van der Waals surface area contributed by atoms with Crippen LogP contribution in [0.4, 0.5) is 0 Å². The van der Waals surface area contributed by atoms with Crippen molar-refractivity contribution in [1.29, 1.82) is 0 Å². The topological polar surface area (TPSA) is 290 Å². The summed E-state index contributed by atoms with van der Waals surface area (Å²) in [5.74, 6) is -3.78. The van der Waals surface area contributed by atoms with Crippen LogP contribution in [0.15, 0.2) is 29.3 Å². The molecule has 1 aromatic rings. The first-order valence-electron chi connectivity index (χ1n) is 13.4. The van der Waals surface area contributed by atoms with E-state index in [2.05, 4.69) is 26.3 Å². The third-order valence-electron chi connectivity index (χ3n) is 5.93. The molecule has 16 heteroatoms. The van der Waals surface area contributed by atoms with Gasteiger partial charge in [-0.05, 0) is 49.3 Å². The summed E-state index contributed by atoms with van der Waals surface area (Å²) in [6.07, 6.45) is 0.859. The second-order valence-electron chi connectivity index (χ2n) is 10.1. The van der Waals surface area contributed by atoms with Gasteiger partial charge in [0.15, 0.2) is 5.96 Å². The first kappa shape index (κ1) is 35.6. The fourth-order valence-electron chi connectivity index (χ4n) is 3.75. The number of aliphatic hydroxyl groups excluding tert-OH is 1. The Morgan fingerprint density at radius 3 is 2.05 bits per heavy atom. The van der Waals surface area contributed by atoms with E-state index >= 15 is 0 Å². The number of hydrogen-bond acceptors (Lipinski definition) is 9. The number of aromatic hydroxyl groups is 1. The van der Waals surface area contributed by atoms with E-state index in [1.807, 2.05) is 13.8 Å². The smallest absolute Gasteiger partial charge is 0.245 e. The number of phenolic OH excluding ortho intramolecular Hbond substituents is 1. The molecule has 0 fully saturated rings. The molecule has 5 amide bonds. The number of primary amides is 1. The highest BCUT2D eigenvalue weighted by atomic mass is 16.3. The molecule has 0 saturated carbocycles. The lowest BCUT2D eigenvalue weighted by Gasteiger charge is -2.23. The van der Waals surface area contributed by atoms with E-state index in [-0.39, 0.29) is 43.4 Å². The number of aliphatic imine (C=N–C) groups is 1. The Labute approximate surface area is 244 Å². The first-order chi connectivity index (χ1) is 19.7. The SMILES string of the molecule is CC(C)C[C@H](NC(=O)[C@@H](N)Cc1ccc(O)cc1)C(=O)NCC(=O)N[C@@H](CO)C(=O)N[C@@H](CCCN=C(N)N)C(N)=O. The largest absolute Gasteiger partial charge is 0.508 e. The Balaban J connectivity index is 2.68. The molecule has 0 aromatic heterocycles. The van der Waals surface area contributed by atoms with Crippen LogP contribution in [0.2, 0.25) is 0 Å². The summed E-state index contributed by atoms with van der Waals surface area (Å²) in [4.78, 5) is 66.0. The van der Waals surface area contributed by atoms with E-state index < -0.39 is 66.9 Å². The number of guanidine groups is 1. The number of benzene rings is 1. The van der Waals surface area contributed by atoms with Gasteiger partial charge in [-0.3, -0.25) is 29.0 Å². The molecule has 0 bridgehead atoms. The van der Waals surface area contributed by atoms with Crippen molar-refractivity contribution in [3.63, 3.8) is 0 Å². The highest BCUT2D eigenvalue weighted by molar-refractivity contribution is 5.94. The van der Waals surface area contributed by atoms with Crippen molar-refractivity contribution < 1.29 is 34.2 Å². The fourth-order valence-corrected chi connectivity index (χ4v) is 3.75. The monoisotopic (exact) mass is 593 g/mol. The molecular formula is C26H43N9O7. The Morgan fingerprint density at radius 1 is 0.881 bits per heavy atom. The molecule has 0 aliphatic carbocycles. The van der Waals surface area contributed by atoms with Gasteiger partial charge in [0.05, 0.1) is 19.2 Å². The number of hydrogen-bond donors (Lipinski definition) is 10. The average Bonchev–Trinajstić information content (AvgIpc) is 2.92. The highest BCUT2D eigenvalue weighted by Crippen LogP contribution is 2.11. The van der Waals surface area contributed by atoms with Gasteiger partial charge in [0, 0.05) is 6.54 Å². The van der Waals surface area contributed by atoms with Gasteiger partial charge >= 0.3 is 0 Å². The summed E-state index contributed by atoms with van der Waals surface area (Å²) in [5.41, 5.74) is 22.5. The number of amides is 5. The van der Waals surface area contributed by atoms with Crippen molar-refractivity contribution in [2.75, 3.05) is 19.7 Å². The van der Waals surface area contributed by atoms with Gasteiger partial charge in [-0.25, -0.2) is 0 Å². The molecule has 0 saturated heterocycles. The molecular weight excluding hydrogens is 550 g/mol. The van der Waals surface area contributed by atoms with Crippen LogP contribution in [0.5, 0.6) is 5.75 Å². The van der Waals surface area contributed by atoms with Gasteiger partial charge in [-0.15, -0.1) is 0 Å². The standard InChI is InChI=1S/C26H43N9O7/c1-14(2)10-19(35-23(40)17(27)11-15-5-7-16(37)8-6-15)24(41)32-12-21(38)33-20(13-36)25(42)34-18(22(28)39)4-3-9-31-26(29)30/h5-8,14,17-20,36-37H,3-4,9-13,27H2,1-2H3,(H2,28,39)(H,32,41)(H,33,38)(H,34,42)(H,35,40)(H4,29,30,31)/t17-,18-,19-,20-/m0/s1. The molecule has 14 N–H and O–H groups in total. The Hall–Kier alpha value is -4.44. The van der Waals surface area contributed by atoms with Gasteiger partial charge in [0.25, 0.3) is 0 Å². The van der Waals surface area contributed by atoms with Crippen molar-refractivity contribution in [3.05, 3.63) is 29.8 Å². The maximum Gasteiger partial charge on any atom is 0.245 e. The Kier molecular flexibility index (Phi) is 15.3. The number of nitrogens with zero attached hydrogens (tertiary/aromatic N) is 1. The van der Waals surface area contributed by atoms with Crippen LogP contribution >= 0.6 is 0 Å². The minimum atomic E-state index is -1.43. The zero-order valence-electron chi connectivity index (χ0n) is 23.8. The summed E-state index contributed by atoms with van der Waals surface area (Å²) < 4.78 is 0. The molecule has 4 atom stereocenters. The van der Waals surface area contributed by atoms with E-state index in [9.17, 15) is 34.2 Å². The maximum absolute atomic E-state index is 12.8. The van der Waals surface area contributed by atoms with Crippen molar-refractivity contribution in [1.82, 2.24) is 21.3 Å². The Bertz CT molecular complexity index is 1090. The van der Waals surface area contributed by atoms with E-state index in [1.54, 1.807) is 12.1 Å². The van der Waals surface area contributed by atoms with E-state index in [0.717, 1.165) is 0 Å². The number of phenols is 1. The quantitative estimate of drug-likeness (QED) is 0.0453. The van der Waals surface area contributed by atoms with Crippen LogP contribution < -0.4 is 44.2 Å². The number of carbonyl (C=O) groups is 5. The molecule has 0 aliphatic rings. The van der Waals surface area contributed by atoms with Crippen molar-refractivity contribution in [3.8, 4) is 5.75 Å². The second kappa shape index (κ2) is 18.1. The van der Waals surface area contributed by atoms with Gasteiger partial charge in [-0.2, -0.15) is 0 Å². The molecule has 0 unspecified atom stereocenters. The average molecular weight is 594 g/mol. The van der Waals surface area contributed by atoms with Crippen molar-refractivity contribution in [2.24, 2.45) is 33.8 Å². The van der Waals surface area contributed by atoms with Crippen LogP contribution in [-0.4, -0.2) is 89.6 Å². The molecule has 0 spiro atoms. The lowest BCUT2D eigenvalue weighted by atomic mass is 10.0. The van der Waals surface area contributed by atoms with E-state index in [0.29, 0.717) is 12.0 Å². The van der Waals surface area contributed by atoms with Crippen LogP contribution in [-0.2, 0) is 30.4 Å². The minimum Gasteiger partial charge on any atom is -0.508 e. The summed E-state index contributed by atoms with van der Waals surface area (Å²) in [6, 6.07) is 1.70. The van der Waals surface area contributed by atoms with Crippen LogP contribution in [0, 0.1) is 5.92 Å². The zero-order chi connectivity index (χ0) is 31.8. The second-order valence-corrected chi connectivity index (χ2v) is 10.1. The summed E-state index contributed by atoms with van der Waals surface area (Å²) >= 11 is 0. The van der Waals surface area contributed by atoms with Gasteiger partial charge < -0.3 is 54.4 Å². The first-order valence-corrected chi connectivity index (χ1v) is 13.4. The van der Waals surface area contributed by atoms with Gasteiger partial charge in [0.2, 0.25) is 29.5 Å².